The summed E-state index contributed by atoms with van der Waals surface area (Å²) in [5.41, 5.74) is -0.472. The third kappa shape index (κ3) is 30.9. The van der Waals surface area contributed by atoms with Crippen LogP contribution in [0.25, 0.3) is 0 Å². The Balaban J connectivity index is 3.15. The number of hydrogen-bond acceptors (Lipinski definition) is 11. The summed E-state index contributed by atoms with van der Waals surface area (Å²) >= 11 is 0. The van der Waals surface area contributed by atoms with Crippen LogP contribution in [0, 0.1) is 0 Å². The van der Waals surface area contributed by atoms with Crippen molar-refractivity contribution in [2.45, 2.75) is 65.4 Å². The Morgan fingerprint density at radius 1 is 0.474 bits per heavy atom. The van der Waals surface area contributed by atoms with E-state index in [2.05, 4.69) is 6.92 Å². The fourth-order valence-corrected chi connectivity index (χ4v) is 2.78. The third-order valence-corrected chi connectivity index (χ3v) is 4.58. The second-order valence-electron chi connectivity index (χ2n) is 9.30. The molecule has 0 N–H and O–H groups in total. The zero-order chi connectivity index (χ0) is 28.2. The summed E-state index contributed by atoms with van der Waals surface area (Å²) < 4.78 is 48.1. The molecule has 11 nitrogen and oxygen atoms in total. The van der Waals surface area contributed by atoms with E-state index < -0.39 is 5.60 Å². The fourth-order valence-electron chi connectivity index (χ4n) is 2.78. The van der Waals surface area contributed by atoms with Gasteiger partial charge in [0.15, 0.2) is 0 Å². The lowest BCUT2D eigenvalue weighted by Gasteiger charge is -2.19. The van der Waals surface area contributed by atoms with E-state index >= 15 is 0 Å². The number of carbonyl (C=O) groups is 2. The topological polar surface area (TPSA) is 117 Å². The van der Waals surface area contributed by atoms with Gasteiger partial charge in [0.25, 0.3) is 0 Å². The van der Waals surface area contributed by atoms with Crippen LogP contribution in [-0.4, -0.2) is 117 Å². The molecule has 0 heterocycles. The molecule has 0 unspecified atom stereocenters. The number of hydrogen-bond donors (Lipinski definition) is 0. The summed E-state index contributed by atoms with van der Waals surface area (Å²) in [5, 5.41) is 0. The average Bonchev–Trinajstić information content (AvgIpc) is 2.85. The number of unbranched alkanes of at least 4 members (excludes halogenated alkanes) is 2. The molecule has 0 amide bonds. The largest absolute Gasteiger partial charge is 0.463 e. The Morgan fingerprint density at radius 2 is 0.842 bits per heavy atom. The van der Waals surface area contributed by atoms with E-state index in [1.54, 1.807) is 0 Å². The molecule has 0 bridgehead atoms. The third-order valence-electron chi connectivity index (χ3n) is 4.58. The maximum absolute atomic E-state index is 11.5. The van der Waals surface area contributed by atoms with Gasteiger partial charge in [-0.05, 0) is 27.2 Å². The van der Waals surface area contributed by atoms with E-state index in [4.69, 9.17) is 42.6 Å². The fraction of sp³-hybridized carbons (Fsp3) is 0.926. The van der Waals surface area contributed by atoms with E-state index in [0.717, 1.165) is 19.3 Å². The monoisotopic (exact) mass is 552 g/mol. The van der Waals surface area contributed by atoms with Crippen LogP contribution in [0.1, 0.15) is 59.8 Å². The summed E-state index contributed by atoms with van der Waals surface area (Å²) in [5.74, 6) is -0.427. The van der Waals surface area contributed by atoms with Crippen molar-refractivity contribution >= 4 is 11.9 Å². The zero-order valence-corrected chi connectivity index (χ0v) is 24.1. The standard InChI is InChI=1S/C27H52O11/c1-5-6-7-8-25(28)37-24-23-36-22-21-35-20-19-34-18-17-33-16-15-32-14-13-31-12-11-30-10-9-26(29)38-27(2,3)4/h5-24H2,1-4H3. The molecule has 0 saturated heterocycles. The molecule has 38 heavy (non-hydrogen) atoms. The lowest BCUT2D eigenvalue weighted by molar-refractivity contribution is -0.156. The molecule has 0 aliphatic heterocycles. The van der Waals surface area contributed by atoms with Crippen molar-refractivity contribution in [2.24, 2.45) is 0 Å². The molecule has 0 aromatic carbocycles. The van der Waals surface area contributed by atoms with E-state index in [1.807, 2.05) is 20.8 Å². The number of carbonyl (C=O) groups excluding carboxylic acids is 2. The lowest BCUT2D eigenvalue weighted by Crippen LogP contribution is -2.24. The second-order valence-corrected chi connectivity index (χ2v) is 9.30. The van der Waals surface area contributed by atoms with Crippen LogP contribution in [0.15, 0.2) is 0 Å². The first-order valence-electron chi connectivity index (χ1n) is 13.8. The summed E-state index contributed by atoms with van der Waals surface area (Å²) in [6.07, 6.45) is 3.72. The molecule has 0 rings (SSSR count). The summed E-state index contributed by atoms with van der Waals surface area (Å²) in [7, 11) is 0. The Hall–Kier alpha value is -1.34. The molecule has 0 saturated carbocycles. The van der Waals surface area contributed by atoms with Crippen molar-refractivity contribution in [2.75, 3.05) is 99.1 Å². The van der Waals surface area contributed by atoms with Crippen LogP contribution in [0.2, 0.25) is 0 Å². The smallest absolute Gasteiger partial charge is 0.308 e. The van der Waals surface area contributed by atoms with Gasteiger partial charge in [-0.1, -0.05) is 19.8 Å². The van der Waals surface area contributed by atoms with Crippen molar-refractivity contribution in [1.29, 1.82) is 0 Å². The molecular formula is C27H52O11. The molecule has 0 atom stereocenters. The van der Waals surface area contributed by atoms with Gasteiger partial charge in [0.1, 0.15) is 12.2 Å². The minimum atomic E-state index is -0.472. The maximum Gasteiger partial charge on any atom is 0.308 e. The van der Waals surface area contributed by atoms with E-state index in [9.17, 15) is 9.59 Å². The molecule has 0 aliphatic rings. The molecule has 0 aromatic rings. The molecule has 0 radical (unpaired) electrons. The first kappa shape index (κ1) is 36.7. The van der Waals surface area contributed by atoms with Crippen LogP contribution in [0.3, 0.4) is 0 Å². The highest BCUT2D eigenvalue weighted by Gasteiger charge is 2.15. The highest BCUT2D eigenvalue weighted by molar-refractivity contribution is 5.70. The van der Waals surface area contributed by atoms with Crippen LogP contribution in [0.4, 0.5) is 0 Å². The average molecular weight is 553 g/mol. The Labute approximate surface area is 229 Å². The van der Waals surface area contributed by atoms with E-state index in [-0.39, 0.29) is 25.0 Å². The first-order chi connectivity index (χ1) is 18.3. The molecule has 0 spiro atoms. The molecule has 11 heteroatoms. The van der Waals surface area contributed by atoms with E-state index in [1.165, 1.54) is 0 Å². The predicted molar refractivity (Wildman–Crippen MR) is 141 cm³/mol. The molecule has 0 aliphatic carbocycles. The minimum absolute atomic E-state index is 0.162. The molecular weight excluding hydrogens is 500 g/mol. The van der Waals surface area contributed by atoms with Gasteiger partial charge in [0.2, 0.25) is 0 Å². The first-order valence-corrected chi connectivity index (χ1v) is 13.8. The van der Waals surface area contributed by atoms with Gasteiger partial charge in [-0.15, -0.1) is 0 Å². The van der Waals surface area contributed by atoms with E-state index in [0.29, 0.717) is 98.9 Å². The number of ether oxygens (including phenoxy) is 9. The van der Waals surface area contributed by atoms with Gasteiger partial charge in [-0.25, -0.2) is 0 Å². The number of rotatable bonds is 28. The van der Waals surface area contributed by atoms with Crippen molar-refractivity contribution in [3.63, 3.8) is 0 Å². The predicted octanol–water partition coefficient (Wildman–Crippen LogP) is 2.96. The van der Waals surface area contributed by atoms with Gasteiger partial charge >= 0.3 is 11.9 Å². The highest BCUT2D eigenvalue weighted by Crippen LogP contribution is 2.08. The van der Waals surface area contributed by atoms with Gasteiger partial charge in [0, 0.05) is 6.42 Å². The number of esters is 2. The Bertz CT molecular complexity index is 538. The van der Waals surface area contributed by atoms with Gasteiger partial charge < -0.3 is 42.6 Å². The highest BCUT2D eigenvalue weighted by atomic mass is 16.6. The van der Waals surface area contributed by atoms with Gasteiger partial charge in [-0.2, -0.15) is 0 Å². The summed E-state index contributed by atoms with van der Waals surface area (Å²) in [4.78, 5) is 23.0. The quantitative estimate of drug-likeness (QED) is 0.105. The van der Waals surface area contributed by atoms with Gasteiger partial charge in [0.05, 0.1) is 98.9 Å². The molecule has 0 aromatic heterocycles. The van der Waals surface area contributed by atoms with Crippen LogP contribution < -0.4 is 0 Å². The summed E-state index contributed by atoms with van der Waals surface area (Å²) in [6, 6.07) is 0. The van der Waals surface area contributed by atoms with Crippen LogP contribution >= 0.6 is 0 Å². The Morgan fingerprint density at radius 3 is 1.21 bits per heavy atom. The van der Waals surface area contributed by atoms with Crippen molar-refractivity contribution in [1.82, 2.24) is 0 Å². The minimum Gasteiger partial charge on any atom is -0.463 e. The molecule has 0 fully saturated rings. The normalized spacial score (nSPS) is 11.6. The zero-order valence-electron chi connectivity index (χ0n) is 24.1. The Kier molecular flexibility index (Phi) is 26.3. The second kappa shape index (κ2) is 27.2. The van der Waals surface area contributed by atoms with Crippen LogP contribution in [0.5, 0.6) is 0 Å². The van der Waals surface area contributed by atoms with Crippen molar-refractivity contribution in [3.05, 3.63) is 0 Å². The SMILES string of the molecule is CCCCCC(=O)OCCOCCOCCOCCOCCOCCOCCOCCC(=O)OC(C)(C)C. The van der Waals surface area contributed by atoms with Crippen LogP contribution in [-0.2, 0) is 52.2 Å². The van der Waals surface area contributed by atoms with Crippen molar-refractivity contribution in [3.8, 4) is 0 Å². The maximum atomic E-state index is 11.5. The van der Waals surface area contributed by atoms with Gasteiger partial charge in [-0.3, -0.25) is 9.59 Å². The lowest BCUT2D eigenvalue weighted by atomic mass is 10.2. The van der Waals surface area contributed by atoms with Crippen molar-refractivity contribution < 1.29 is 52.2 Å². The summed E-state index contributed by atoms with van der Waals surface area (Å²) in [6.45, 7) is 14.2. The molecule has 226 valence electrons.